The molecule has 2 N–H and O–H groups in total. The summed E-state index contributed by atoms with van der Waals surface area (Å²) in [4.78, 5) is 0. The smallest absolute Gasteiger partial charge is 0.0624 e. The van der Waals surface area contributed by atoms with Crippen molar-refractivity contribution in [3.05, 3.63) is 35.4 Å². The molecule has 0 aromatic heterocycles. The first-order valence-electron chi connectivity index (χ1n) is 6.45. The van der Waals surface area contributed by atoms with Crippen LogP contribution in [0.15, 0.2) is 24.3 Å². The van der Waals surface area contributed by atoms with Crippen molar-refractivity contribution in [3.8, 4) is 0 Å². The SMILES string of the molecule is CC(C)OCC(N)Cc1ccc(C(C)C)cc1. The van der Waals surface area contributed by atoms with Crippen molar-refractivity contribution >= 4 is 0 Å². The highest BCUT2D eigenvalue weighted by atomic mass is 16.5. The molecule has 0 heterocycles. The first-order valence-corrected chi connectivity index (χ1v) is 6.45. The van der Waals surface area contributed by atoms with Gasteiger partial charge in [0.05, 0.1) is 12.7 Å². The van der Waals surface area contributed by atoms with E-state index in [2.05, 4.69) is 38.1 Å². The van der Waals surface area contributed by atoms with Crippen LogP contribution < -0.4 is 5.73 Å². The Balaban J connectivity index is 2.45. The monoisotopic (exact) mass is 235 g/mol. The van der Waals surface area contributed by atoms with Crippen molar-refractivity contribution < 1.29 is 4.74 Å². The van der Waals surface area contributed by atoms with Crippen molar-refractivity contribution in [2.24, 2.45) is 5.73 Å². The highest BCUT2D eigenvalue weighted by Gasteiger charge is 2.06. The molecule has 1 atom stereocenters. The fourth-order valence-electron chi connectivity index (χ4n) is 1.72. The lowest BCUT2D eigenvalue weighted by atomic mass is 9.99. The number of hydrogen-bond donors (Lipinski definition) is 1. The predicted molar refractivity (Wildman–Crippen MR) is 73.3 cm³/mol. The first-order chi connectivity index (χ1) is 7.99. The van der Waals surface area contributed by atoms with Crippen LogP contribution in [0.25, 0.3) is 0 Å². The zero-order valence-electron chi connectivity index (χ0n) is 11.4. The van der Waals surface area contributed by atoms with Gasteiger partial charge in [-0.3, -0.25) is 0 Å². The van der Waals surface area contributed by atoms with Gasteiger partial charge in [-0.05, 0) is 37.3 Å². The normalized spacial score (nSPS) is 13.4. The average Bonchev–Trinajstić information content (AvgIpc) is 2.27. The van der Waals surface area contributed by atoms with Gasteiger partial charge in [-0.25, -0.2) is 0 Å². The summed E-state index contributed by atoms with van der Waals surface area (Å²) in [5.41, 5.74) is 8.69. The summed E-state index contributed by atoms with van der Waals surface area (Å²) in [6.45, 7) is 9.10. The summed E-state index contributed by atoms with van der Waals surface area (Å²) in [6.07, 6.45) is 1.13. The first kappa shape index (κ1) is 14.2. The summed E-state index contributed by atoms with van der Waals surface area (Å²) in [6, 6.07) is 8.81. The van der Waals surface area contributed by atoms with E-state index in [0.29, 0.717) is 12.5 Å². The summed E-state index contributed by atoms with van der Waals surface area (Å²) in [7, 11) is 0. The highest BCUT2D eigenvalue weighted by molar-refractivity contribution is 5.25. The van der Waals surface area contributed by atoms with Crippen LogP contribution >= 0.6 is 0 Å². The second-order valence-corrected chi connectivity index (χ2v) is 5.24. The van der Waals surface area contributed by atoms with Crippen LogP contribution in [0.2, 0.25) is 0 Å². The number of rotatable bonds is 6. The van der Waals surface area contributed by atoms with Crippen molar-refractivity contribution in [1.82, 2.24) is 0 Å². The van der Waals surface area contributed by atoms with E-state index in [1.165, 1.54) is 11.1 Å². The molecule has 1 aromatic carbocycles. The van der Waals surface area contributed by atoms with E-state index in [0.717, 1.165) is 6.42 Å². The molecular formula is C15H25NO. The molecule has 2 heteroatoms. The Labute approximate surface area is 105 Å². The lowest BCUT2D eigenvalue weighted by Crippen LogP contribution is -2.30. The fourth-order valence-corrected chi connectivity index (χ4v) is 1.72. The minimum Gasteiger partial charge on any atom is -0.377 e. The third-order valence-electron chi connectivity index (χ3n) is 2.79. The molecule has 0 bridgehead atoms. The third kappa shape index (κ3) is 5.33. The summed E-state index contributed by atoms with van der Waals surface area (Å²) in [5, 5.41) is 0. The number of hydrogen-bond acceptors (Lipinski definition) is 2. The molecule has 0 amide bonds. The van der Waals surface area contributed by atoms with Crippen molar-refractivity contribution in [3.63, 3.8) is 0 Å². The van der Waals surface area contributed by atoms with Gasteiger partial charge in [0.25, 0.3) is 0 Å². The van der Waals surface area contributed by atoms with Gasteiger partial charge in [-0.2, -0.15) is 0 Å². The van der Waals surface area contributed by atoms with Crippen LogP contribution in [0.1, 0.15) is 44.7 Å². The largest absolute Gasteiger partial charge is 0.377 e. The van der Waals surface area contributed by atoms with Crippen LogP contribution in [-0.2, 0) is 11.2 Å². The molecule has 0 aliphatic heterocycles. The maximum Gasteiger partial charge on any atom is 0.0624 e. The quantitative estimate of drug-likeness (QED) is 0.822. The Hall–Kier alpha value is -0.860. The maximum absolute atomic E-state index is 6.03. The van der Waals surface area contributed by atoms with Gasteiger partial charge in [-0.15, -0.1) is 0 Å². The van der Waals surface area contributed by atoms with E-state index in [-0.39, 0.29) is 12.1 Å². The number of benzene rings is 1. The molecule has 0 fully saturated rings. The van der Waals surface area contributed by atoms with Crippen molar-refractivity contribution in [1.29, 1.82) is 0 Å². The average molecular weight is 235 g/mol. The molecule has 0 saturated carbocycles. The summed E-state index contributed by atoms with van der Waals surface area (Å²) in [5.74, 6) is 0.585. The van der Waals surface area contributed by atoms with E-state index >= 15 is 0 Å². The van der Waals surface area contributed by atoms with Gasteiger partial charge in [0.1, 0.15) is 0 Å². The second-order valence-electron chi connectivity index (χ2n) is 5.24. The number of nitrogens with two attached hydrogens (primary N) is 1. The maximum atomic E-state index is 6.03. The Bertz CT molecular complexity index is 316. The molecule has 0 spiro atoms. The Morgan fingerprint density at radius 1 is 1.06 bits per heavy atom. The molecule has 1 aromatic rings. The molecule has 0 radical (unpaired) electrons. The minimum absolute atomic E-state index is 0.0855. The van der Waals surface area contributed by atoms with Gasteiger partial charge in [0, 0.05) is 6.04 Å². The molecule has 1 unspecified atom stereocenters. The summed E-state index contributed by atoms with van der Waals surface area (Å²) < 4.78 is 5.51. The lowest BCUT2D eigenvalue weighted by molar-refractivity contribution is 0.0684. The van der Waals surface area contributed by atoms with E-state index in [4.69, 9.17) is 10.5 Å². The Morgan fingerprint density at radius 2 is 1.65 bits per heavy atom. The van der Waals surface area contributed by atoms with Crippen LogP contribution in [-0.4, -0.2) is 18.8 Å². The van der Waals surface area contributed by atoms with E-state index < -0.39 is 0 Å². The Morgan fingerprint density at radius 3 is 2.12 bits per heavy atom. The van der Waals surface area contributed by atoms with Crippen molar-refractivity contribution in [2.45, 2.75) is 52.2 Å². The van der Waals surface area contributed by atoms with E-state index in [1.54, 1.807) is 0 Å². The van der Waals surface area contributed by atoms with Crippen LogP contribution in [0.3, 0.4) is 0 Å². The third-order valence-corrected chi connectivity index (χ3v) is 2.79. The van der Waals surface area contributed by atoms with Crippen LogP contribution in [0.4, 0.5) is 0 Å². The van der Waals surface area contributed by atoms with Gasteiger partial charge >= 0.3 is 0 Å². The van der Waals surface area contributed by atoms with Gasteiger partial charge in [-0.1, -0.05) is 38.1 Å². The molecule has 0 aliphatic rings. The standard InChI is InChI=1S/C15H25NO/c1-11(2)14-7-5-13(6-8-14)9-15(16)10-17-12(3)4/h5-8,11-12,15H,9-10,16H2,1-4H3. The van der Waals surface area contributed by atoms with E-state index in [1.807, 2.05) is 13.8 Å². The van der Waals surface area contributed by atoms with Crippen LogP contribution in [0.5, 0.6) is 0 Å². The van der Waals surface area contributed by atoms with E-state index in [9.17, 15) is 0 Å². The van der Waals surface area contributed by atoms with Crippen LogP contribution in [0, 0.1) is 0 Å². The second kappa shape index (κ2) is 6.77. The van der Waals surface area contributed by atoms with Crippen molar-refractivity contribution in [2.75, 3.05) is 6.61 Å². The molecule has 1 rings (SSSR count). The Kier molecular flexibility index (Phi) is 5.66. The number of ether oxygens (including phenoxy) is 1. The molecule has 17 heavy (non-hydrogen) atoms. The fraction of sp³-hybridized carbons (Fsp3) is 0.600. The molecule has 0 aliphatic carbocycles. The highest BCUT2D eigenvalue weighted by Crippen LogP contribution is 2.15. The predicted octanol–water partition coefficient (Wildman–Crippen LogP) is 3.10. The van der Waals surface area contributed by atoms with Gasteiger partial charge in [0.15, 0.2) is 0 Å². The topological polar surface area (TPSA) is 35.2 Å². The zero-order chi connectivity index (χ0) is 12.8. The molecule has 2 nitrogen and oxygen atoms in total. The lowest BCUT2D eigenvalue weighted by Gasteiger charge is -2.15. The minimum atomic E-state index is 0.0855. The molecule has 0 saturated heterocycles. The molecule has 96 valence electrons. The molecular weight excluding hydrogens is 210 g/mol. The zero-order valence-corrected chi connectivity index (χ0v) is 11.4. The summed E-state index contributed by atoms with van der Waals surface area (Å²) >= 11 is 0. The van der Waals surface area contributed by atoms with Gasteiger partial charge in [0.2, 0.25) is 0 Å². The van der Waals surface area contributed by atoms with Gasteiger partial charge < -0.3 is 10.5 Å².